The number of fused-ring (bicyclic) bond motifs is 1. The van der Waals surface area contributed by atoms with Crippen molar-refractivity contribution in [2.24, 2.45) is 0 Å². The number of hydrogen-bond donors (Lipinski definition) is 1. The molecule has 0 aliphatic carbocycles. The summed E-state index contributed by atoms with van der Waals surface area (Å²) in [5.41, 5.74) is 2.46. The molecule has 0 saturated carbocycles. The van der Waals surface area contributed by atoms with Gasteiger partial charge in [0.05, 0.1) is 16.5 Å². The Morgan fingerprint density at radius 1 is 1.04 bits per heavy atom. The van der Waals surface area contributed by atoms with E-state index in [0.29, 0.717) is 28.6 Å². The van der Waals surface area contributed by atoms with Crippen molar-refractivity contribution in [3.8, 4) is 16.9 Å². The number of rotatable bonds is 3. The van der Waals surface area contributed by atoms with Crippen molar-refractivity contribution in [1.29, 1.82) is 0 Å². The molecule has 0 bridgehead atoms. The van der Waals surface area contributed by atoms with Crippen molar-refractivity contribution in [2.45, 2.75) is 6.54 Å². The SMILES string of the molecule is CN1CCN(Cc2c(O)ccc3c(=O)c(-c4ccccc4)coc23)CC1.Cl. The van der Waals surface area contributed by atoms with E-state index in [1.54, 1.807) is 12.1 Å². The van der Waals surface area contributed by atoms with E-state index in [1.165, 1.54) is 6.26 Å². The van der Waals surface area contributed by atoms with Gasteiger partial charge in [-0.1, -0.05) is 30.3 Å². The maximum atomic E-state index is 13.0. The van der Waals surface area contributed by atoms with E-state index < -0.39 is 0 Å². The van der Waals surface area contributed by atoms with Gasteiger partial charge in [0.25, 0.3) is 0 Å². The highest BCUT2D eigenvalue weighted by atomic mass is 35.5. The van der Waals surface area contributed by atoms with Crippen LogP contribution in [-0.2, 0) is 6.54 Å². The minimum atomic E-state index is -0.0722. The lowest BCUT2D eigenvalue weighted by Gasteiger charge is -2.32. The van der Waals surface area contributed by atoms with Crippen molar-refractivity contribution in [3.63, 3.8) is 0 Å². The van der Waals surface area contributed by atoms with Gasteiger partial charge in [0.1, 0.15) is 17.6 Å². The molecule has 0 unspecified atom stereocenters. The van der Waals surface area contributed by atoms with Gasteiger partial charge in [0.2, 0.25) is 5.43 Å². The van der Waals surface area contributed by atoms with Crippen molar-refractivity contribution in [3.05, 3.63) is 64.5 Å². The van der Waals surface area contributed by atoms with Crippen LogP contribution in [0.1, 0.15) is 5.56 Å². The van der Waals surface area contributed by atoms with E-state index in [4.69, 9.17) is 4.42 Å². The summed E-state index contributed by atoms with van der Waals surface area (Å²) in [6, 6.07) is 12.7. The third kappa shape index (κ3) is 3.86. The third-order valence-electron chi connectivity index (χ3n) is 5.08. The maximum absolute atomic E-state index is 13.0. The number of benzene rings is 2. The molecule has 0 atom stereocenters. The molecule has 5 nitrogen and oxygen atoms in total. The molecule has 6 heteroatoms. The summed E-state index contributed by atoms with van der Waals surface area (Å²) < 4.78 is 5.86. The van der Waals surface area contributed by atoms with Gasteiger partial charge in [-0.05, 0) is 24.7 Å². The van der Waals surface area contributed by atoms with Gasteiger partial charge < -0.3 is 14.4 Å². The highest BCUT2D eigenvalue weighted by molar-refractivity contribution is 5.86. The van der Waals surface area contributed by atoms with Crippen molar-refractivity contribution < 1.29 is 9.52 Å². The topological polar surface area (TPSA) is 56.9 Å². The Hall–Kier alpha value is -2.34. The van der Waals surface area contributed by atoms with Crippen LogP contribution in [-0.4, -0.2) is 48.1 Å². The first kappa shape index (κ1) is 19.4. The standard InChI is InChI=1S/C21H22N2O3.ClH/c1-22-9-11-23(12-10-22)13-17-19(24)8-7-16-20(25)18(14-26-21(16)17)15-5-3-2-4-6-15;/h2-8,14,24H,9-13H2,1H3;1H. The molecule has 27 heavy (non-hydrogen) atoms. The molecule has 1 aliphatic rings. The lowest BCUT2D eigenvalue weighted by atomic mass is 10.0. The third-order valence-corrected chi connectivity index (χ3v) is 5.08. The average molecular weight is 387 g/mol. The Labute approximate surface area is 164 Å². The monoisotopic (exact) mass is 386 g/mol. The first-order chi connectivity index (χ1) is 12.6. The normalized spacial score (nSPS) is 15.6. The number of aromatic hydroxyl groups is 1. The molecule has 2 aromatic carbocycles. The molecule has 1 N–H and O–H groups in total. The minimum Gasteiger partial charge on any atom is -0.507 e. The summed E-state index contributed by atoms with van der Waals surface area (Å²) in [5, 5.41) is 10.9. The molecule has 1 saturated heterocycles. The summed E-state index contributed by atoms with van der Waals surface area (Å²) in [4.78, 5) is 17.5. The zero-order valence-electron chi connectivity index (χ0n) is 15.2. The summed E-state index contributed by atoms with van der Waals surface area (Å²) in [6.07, 6.45) is 1.51. The molecule has 0 spiro atoms. The summed E-state index contributed by atoms with van der Waals surface area (Å²) >= 11 is 0. The molecule has 0 amide bonds. The molecule has 0 radical (unpaired) electrons. The van der Waals surface area contributed by atoms with Gasteiger partial charge in [-0.15, -0.1) is 12.4 Å². The van der Waals surface area contributed by atoms with E-state index in [9.17, 15) is 9.90 Å². The van der Waals surface area contributed by atoms with Crippen molar-refractivity contribution in [1.82, 2.24) is 9.80 Å². The molecule has 142 valence electrons. The Balaban J connectivity index is 0.00000210. The van der Waals surface area contributed by atoms with Crippen molar-refractivity contribution >= 4 is 23.4 Å². The predicted molar refractivity (Wildman–Crippen MR) is 110 cm³/mol. The smallest absolute Gasteiger partial charge is 0.200 e. The minimum absolute atomic E-state index is 0. The number of piperazine rings is 1. The van der Waals surface area contributed by atoms with Crippen LogP contribution in [0.4, 0.5) is 0 Å². The number of halogens is 1. The first-order valence-corrected chi connectivity index (χ1v) is 8.86. The van der Waals surface area contributed by atoms with Crippen LogP contribution in [0.25, 0.3) is 22.1 Å². The molecular formula is C21H23ClN2O3. The quantitative estimate of drug-likeness (QED) is 0.748. The van der Waals surface area contributed by atoms with Crippen LogP contribution in [0.15, 0.2) is 57.9 Å². The fourth-order valence-electron chi connectivity index (χ4n) is 3.45. The van der Waals surface area contributed by atoms with Gasteiger partial charge in [0, 0.05) is 32.7 Å². The maximum Gasteiger partial charge on any atom is 0.200 e. The number of phenols is 1. The Bertz CT molecular complexity index is 980. The van der Waals surface area contributed by atoms with E-state index >= 15 is 0 Å². The zero-order valence-corrected chi connectivity index (χ0v) is 16.0. The van der Waals surface area contributed by atoms with Crippen LogP contribution in [0, 0.1) is 0 Å². The fraction of sp³-hybridized carbons (Fsp3) is 0.286. The van der Waals surface area contributed by atoms with E-state index in [-0.39, 0.29) is 23.6 Å². The van der Waals surface area contributed by atoms with Crippen LogP contribution in [0.3, 0.4) is 0 Å². The second-order valence-electron chi connectivity index (χ2n) is 6.86. The van der Waals surface area contributed by atoms with E-state index in [0.717, 1.165) is 31.7 Å². The van der Waals surface area contributed by atoms with Gasteiger partial charge in [-0.3, -0.25) is 9.69 Å². The second-order valence-corrected chi connectivity index (χ2v) is 6.86. The summed E-state index contributed by atoms with van der Waals surface area (Å²) in [6.45, 7) is 4.42. The average Bonchev–Trinajstić information content (AvgIpc) is 2.66. The molecule has 1 aromatic heterocycles. The molecule has 4 rings (SSSR count). The molecule has 2 heterocycles. The first-order valence-electron chi connectivity index (χ1n) is 8.86. The highest BCUT2D eigenvalue weighted by Crippen LogP contribution is 2.29. The van der Waals surface area contributed by atoms with E-state index in [1.807, 2.05) is 30.3 Å². The number of nitrogens with zero attached hydrogens (tertiary/aromatic N) is 2. The summed E-state index contributed by atoms with van der Waals surface area (Å²) in [5.74, 6) is 0.173. The molecule has 1 aliphatic heterocycles. The van der Waals surface area contributed by atoms with Crippen LogP contribution >= 0.6 is 12.4 Å². The fourth-order valence-corrected chi connectivity index (χ4v) is 3.45. The second kappa shape index (κ2) is 8.13. The summed E-state index contributed by atoms with van der Waals surface area (Å²) in [7, 11) is 2.11. The zero-order chi connectivity index (χ0) is 18.1. The number of likely N-dealkylation sites (N-methyl/N-ethyl adjacent to an activating group) is 1. The largest absolute Gasteiger partial charge is 0.507 e. The van der Waals surface area contributed by atoms with Gasteiger partial charge >= 0.3 is 0 Å². The molecule has 3 aromatic rings. The number of hydrogen-bond acceptors (Lipinski definition) is 5. The Morgan fingerprint density at radius 3 is 2.44 bits per heavy atom. The van der Waals surface area contributed by atoms with Gasteiger partial charge in [0.15, 0.2) is 0 Å². The van der Waals surface area contributed by atoms with Crippen LogP contribution in [0.5, 0.6) is 5.75 Å². The van der Waals surface area contributed by atoms with Crippen LogP contribution in [0.2, 0.25) is 0 Å². The molecule has 1 fully saturated rings. The van der Waals surface area contributed by atoms with Crippen LogP contribution < -0.4 is 5.43 Å². The predicted octanol–water partition coefficient (Wildman–Crippen LogP) is 3.33. The van der Waals surface area contributed by atoms with E-state index in [2.05, 4.69) is 16.8 Å². The highest BCUT2D eigenvalue weighted by Gasteiger charge is 2.19. The Morgan fingerprint density at radius 2 is 1.74 bits per heavy atom. The van der Waals surface area contributed by atoms with Crippen molar-refractivity contribution in [2.75, 3.05) is 33.2 Å². The lowest BCUT2D eigenvalue weighted by molar-refractivity contribution is 0.147. The Kier molecular flexibility index (Phi) is 5.85. The lowest BCUT2D eigenvalue weighted by Crippen LogP contribution is -2.43. The molecular weight excluding hydrogens is 364 g/mol. The van der Waals surface area contributed by atoms with Gasteiger partial charge in [-0.25, -0.2) is 0 Å². The van der Waals surface area contributed by atoms with Gasteiger partial charge in [-0.2, -0.15) is 0 Å². The number of phenolic OH excluding ortho intramolecular Hbond substituents is 1.